The highest BCUT2D eigenvalue weighted by Crippen LogP contribution is 2.28. The van der Waals surface area contributed by atoms with Gasteiger partial charge in [0.15, 0.2) is 9.84 Å². The lowest BCUT2D eigenvalue weighted by molar-refractivity contribution is -0.158. The van der Waals surface area contributed by atoms with E-state index in [0.29, 0.717) is 19.3 Å². The number of benzene rings is 3. The molecule has 0 spiro atoms. The van der Waals surface area contributed by atoms with Crippen molar-refractivity contribution in [3.63, 3.8) is 0 Å². The Balaban J connectivity index is 1.54. The van der Waals surface area contributed by atoms with Crippen LogP contribution in [0, 0.1) is 0 Å². The van der Waals surface area contributed by atoms with Crippen LogP contribution in [0.5, 0.6) is 0 Å². The van der Waals surface area contributed by atoms with E-state index in [2.05, 4.69) is 10.6 Å². The first-order chi connectivity index (χ1) is 19.0. The standard InChI is InChI=1S/C32H36N2O5S/c1-32(2,3)39-31(36)29-27-17-11-10-14-24(27)22-28(34-29)30(35)33-25(19-18-23-12-6-4-7-13-23)20-21-40(37,38)26-15-8-5-9-16-26/h4-17,20-21,25,28-29,34H,18-19,22H2,1-3H3,(H,33,35)/t25?,28-,29-/m0/s1. The van der Waals surface area contributed by atoms with Gasteiger partial charge >= 0.3 is 5.97 Å². The summed E-state index contributed by atoms with van der Waals surface area (Å²) in [5, 5.41) is 7.35. The molecule has 7 nitrogen and oxygen atoms in total. The Morgan fingerprint density at radius 1 is 0.975 bits per heavy atom. The quantitative estimate of drug-likeness (QED) is 0.368. The zero-order valence-electron chi connectivity index (χ0n) is 23.0. The summed E-state index contributed by atoms with van der Waals surface area (Å²) in [6.45, 7) is 5.41. The molecule has 0 fully saturated rings. The highest BCUT2D eigenvalue weighted by Gasteiger charge is 2.36. The van der Waals surface area contributed by atoms with E-state index in [0.717, 1.165) is 22.1 Å². The van der Waals surface area contributed by atoms with E-state index in [4.69, 9.17) is 4.74 Å². The highest BCUT2D eigenvalue weighted by molar-refractivity contribution is 7.94. The fourth-order valence-corrected chi connectivity index (χ4v) is 5.74. The van der Waals surface area contributed by atoms with Crippen molar-refractivity contribution in [2.45, 2.75) is 68.7 Å². The second-order valence-corrected chi connectivity index (χ2v) is 12.7. The first-order valence-electron chi connectivity index (χ1n) is 13.4. The van der Waals surface area contributed by atoms with Crippen LogP contribution in [0.2, 0.25) is 0 Å². The lowest BCUT2D eigenvalue weighted by Crippen LogP contribution is -2.53. The molecule has 210 valence electrons. The number of hydrogen-bond donors (Lipinski definition) is 2. The van der Waals surface area contributed by atoms with Crippen molar-refractivity contribution in [3.8, 4) is 0 Å². The van der Waals surface area contributed by atoms with Gasteiger partial charge in [-0.05, 0) is 68.9 Å². The van der Waals surface area contributed by atoms with Gasteiger partial charge in [0.2, 0.25) is 5.91 Å². The number of nitrogens with one attached hydrogen (secondary N) is 2. The normalized spacial score (nSPS) is 18.1. The molecule has 1 unspecified atom stereocenters. The van der Waals surface area contributed by atoms with E-state index in [9.17, 15) is 18.0 Å². The van der Waals surface area contributed by atoms with E-state index in [-0.39, 0.29) is 10.8 Å². The molecule has 0 saturated heterocycles. The molecule has 2 N–H and O–H groups in total. The summed E-state index contributed by atoms with van der Waals surface area (Å²) < 4.78 is 31.4. The second kappa shape index (κ2) is 12.6. The number of fused-ring (bicyclic) bond motifs is 1. The van der Waals surface area contributed by atoms with Crippen LogP contribution in [0.1, 0.15) is 49.9 Å². The van der Waals surface area contributed by atoms with Gasteiger partial charge in [-0.1, -0.05) is 78.9 Å². The molecule has 0 bridgehead atoms. The molecule has 4 rings (SSSR count). The largest absolute Gasteiger partial charge is 0.459 e. The smallest absolute Gasteiger partial charge is 0.328 e. The number of sulfone groups is 1. The van der Waals surface area contributed by atoms with Gasteiger partial charge in [-0.2, -0.15) is 0 Å². The van der Waals surface area contributed by atoms with Crippen molar-refractivity contribution in [2.24, 2.45) is 0 Å². The van der Waals surface area contributed by atoms with E-state index >= 15 is 0 Å². The highest BCUT2D eigenvalue weighted by atomic mass is 32.2. The Morgan fingerprint density at radius 3 is 2.27 bits per heavy atom. The van der Waals surface area contributed by atoms with Gasteiger partial charge < -0.3 is 10.1 Å². The predicted molar refractivity (Wildman–Crippen MR) is 155 cm³/mol. The number of rotatable bonds is 9. The summed E-state index contributed by atoms with van der Waals surface area (Å²) in [4.78, 5) is 26.8. The second-order valence-electron chi connectivity index (χ2n) is 10.9. The number of hydrogen-bond acceptors (Lipinski definition) is 6. The molecule has 0 radical (unpaired) electrons. The minimum absolute atomic E-state index is 0.185. The number of esters is 1. The molecule has 0 aliphatic carbocycles. The molecule has 0 aromatic heterocycles. The third kappa shape index (κ3) is 7.90. The summed E-state index contributed by atoms with van der Waals surface area (Å²) in [6, 6.07) is 23.4. The number of aryl methyl sites for hydroxylation is 1. The number of carbonyl (C=O) groups excluding carboxylic acids is 2. The fraction of sp³-hybridized carbons (Fsp3) is 0.312. The van der Waals surface area contributed by atoms with Crippen LogP contribution in [-0.4, -0.2) is 38.0 Å². The van der Waals surface area contributed by atoms with E-state index in [1.54, 1.807) is 39.0 Å². The zero-order valence-corrected chi connectivity index (χ0v) is 23.9. The Hall–Kier alpha value is -3.75. The Bertz CT molecular complexity index is 1450. The summed E-state index contributed by atoms with van der Waals surface area (Å²) in [7, 11) is -3.69. The monoisotopic (exact) mass is 560 g/mol. The van der Waals surface area contributed by atoms with Crippen molar-refractivity contribution in [2.75, 3.05) is 0 Å². The van der Waals surface area contributed by atoms with Crippen LogP contribution < -0.4 is 10.6 Å². The Labute approximate surface area is 236 Å². The van der Waals surface area contributed by atoms with Crippen molar-refractivity contribution < 1.29 is 22.7 Å². The molecule has 1 amide bonds. The number of carbonyl (C=O) groups is 2. The Morgan fingerprint density at radius 2 is 1.60 bits per heavy atom. The van der Waals surface area contributed by atoms with Gasteiger partial charge in [-0.15, -0.1) is 0 Å². The van der Waals surface area contributed by atoms with E-state index < -0.39 is 39.5 Å². The van der Waals surface area contributed by atoms with Crippen molar-refractivity contribution in [1.29, 1.82) is 0 Å². The molecule has 3 atom stereocenters. The van der Waals surface area contributed by atoms with Crippen LogP contribution in [0.3, 0.4) is 0 Å². The predicted octanol–water partition coefficient (Wildman–Crippen LogP) is 4.69. The molecule has 0 saturated carbocycles. The first-order valence-corrected chi connectivity index (χ1v) is 15.0. The number of amides is 1. The average Bonchev–Trinajstić information content (AvgIpc) is 2.94. The van der Waals surface area contributed by atoms with Gasteiger partial charge in [-0.3, -0.25) is 10.1 Å². The topological polar surface area (TPSA) is 102 Å². The summed E-state index contributed by atoms with van der Waals surface area (Å²) >= 11 is 0. The fourth-order valence-electron chi connectivity index (χ4n) is 4.65. The van der Waals surface area contributed by atoms with Crippen molar-refractivity contribution in [1.82, 2.24) is 10.6 Å². The molecule has 40 heavy (non-hydrogen) atoms. The van der Waals surface area contributed by atoms with E-state index in [1.165, 1.54) is 18.2 Å². The van der Waals surface area contributed by atoms with Crippen molar-refractivity contribution >= 4 is 21.7 Å². The molecule has 1 aliphatic rings. The van der Waals surface area contributed by atoms with Gasteiger partial charge in [0, 0.05) is 11.4 Å². The Kier molecular flexibility index (Phi) is 9.22. The van der Waals surface area contributed by atoms with Crippen LogP contribution in [0.25, 0.3) is 0 Å². The molecule has 1 aliphatic heterocycles. The molecular formula is C32H36N2O5S. The van der Waals surface area contributed by atoms with Gasteiger partial charge in [0.05, 0.1) is 10.9 Å². The molecule has 3 aromatic carbocycles. The average molecular weight is 561 g/mol. The van der Waals surface area contributed by atoms with Crippen LogP contribution in [0.4, 0.5) is 0 Å². The van der Waals surface area contributed by atoms with Gasteiger partial charge in [-0.25, -0.2) is 13.2 Å². The SMILES string of the molecule is CC(C)(C)OC(=O)[C@H]1N[C@H](C(=O)NC(C=CS(=O)(=O)c2ccccc2)CCc2ccccc2)Cc2ccccc21. The molecule has 1 heterocycles. The summed E-state index contributed by atoms with van der Waals surface area (Å²) in [5.74, 6) is -0.769. The third-order valence-corrected chi connectivity index (χ3v) is 8.04. The van der Waals surface area contributed by atoms with E-state index in [1.807, 2.05) is 54.6 Å². The number of ether oxygens (including phenoxy) is 1. The minimum Gasteiger partial charge on any atom is -0.459 e. The first kappa shape index (κ1) is 29.2. The maximum atomic E-state index is 13.6. The third-order valence-electron chi connectivity index (χ3n) is 6.59. The van der Waals surface area contributed by atoms with Crippen LogP contribution >= 0.6 is 0 Å². The maximum absolute atomic E-state index is 13.6. The lowest BCUT2D eigenvalue weighted by Gasteiger charge is -2.33. The minimum atomic E-state index is -3.69. The molecular weight excluding hydrogens is 524 g/mol. The molecule has 8 heteroatoms. The zero-order chi connectivity index (χ0) is 28.8. The van der Waals surface area contributed by atoms with Crippen molar-refractivity contribution in [3.05, 3.63) is 113 Å². The summed E-state index contributed by atoms with van der Waals surface area (Å²) in [6.07, 6.45) is 3.06. The van der Waals surface area contributed by atoms with Gasteiger partial charge in [0.1, 0.15) is 11.6 Å². The molecule has 3 aromatic rings. The van der Waals surface area contributed by atoms with Gasteiger partial charge in [0.25, 0.3) is 0 Å². The summed E-state index contributed by atoms with van der Waals surface area (Å²) in [5.41, 5.74) is 2.08. The van der Waals surface area contributed by atoms with Crippen LogP contribution in [-0.2, 0) is 37.0 Å². The van der Waals surface area contributed by atoms with Crippen LogP contribution in [0.15, 0.2) is 101 Å². The maximum Gasteiger partial charge on any atom is 0.328 e. The lowest BCUT2D eigenvalue weighted by atomic mass is 9.89.